The number of nitrogens with zero attached hydrogens (tertiary/aromatic N) is 1. The van der Waals surface area contributed by atoms with Gasteiger partial charge in [-0.2, -0.15) is 0 Å². The smallest absolute Gasteiger partial charge is 0.173 e. The molecule has 0 aliphatic heterocycles. The van der Waals surface area contributed by atoms with Crippen LogP contribution in [0, 0.1) is 11.7 Å². The van der Waals surface area contributed by atoms with E-state index in [0.717, 1.165) is 13.0 Å². The summed E-state index contributed by atoms with van der Waals surface area (Å²) in [5.41, 5.74) is 6.04. The number of hydrogen-bond donors (Lipinski definition) is 3. The molecule has 0 heterocycles. The van der Waals surface area contributed by atoms with Crippen molar-refractivity contribution in [2.75, 3.05) is 6.54 Å². The highest BCUT2D eigenvalue weighted by atomic mass is 19.1. The van der Waals surface area contributed by atoms with E-state index in [1.165, 1.54) is 6.07 Å². The van der Waals surface area contributed by atoms with Gasteiger partial charge in [0.25, 0.3) is 0 Å². The van der Waals surface area contributed by atoms with Crippen LogP contribution in [0.15, 0.2) is 23.4 Å². The fraction of sp³-hybridized carbons (Fsp3) is 0.462. The minimum absolute atomic E-state index is 0.125. The van der Waals surface area contributed by atoms with Crippen molar-refractivity contribution in [1.29, 1.82) is 0 Å². The van der Waals surface area contributed by atoms with Crippen LogP contribution in [0.3, 0.4) is 0 Å². The summed E-state index contributed by atoms with van der Waals surface area (Å²) >= 11 is 0. The summed E-state index contributed by atoms with van der Waals surface area (Å²) < 4.78 is 14.0. The molecule has 1 atom stereocenters. The summed E-state index contributed by atoms with van der Waals surface area (Å²) in [4.78, 5) is 0. The van der Waals surface area contributed by atoms with Gasteiger partial charge < -0.3 is 16.3 Å². The number of hydrogen-bond acceptors (Lipinski definition) is 3. The van der Waals surface area contributed by atoms with Gasteiger partial charge >= 0.3 is 0 Å². The van der Waals surface area contributed by atoms with Gasteiger partial charge in [-0.15, -0.1) is 0 Å². The van der Waals surface area contributed by atoms with Crippen molar-refractivity contribution in [3.63, 3.8) is 0 Å². The normalized spacial score (nSPS) is 13.6. The van der Waals surface area contributed by atoms with Crippen molar-refractivity contribution in [1.82, 2.24) is 5.32 Å². The van der Waals surface area contributed by atoms with Gasteiger partial charge in [0, 0.05) is 12.1 Å². The van der Waals surface area contributed by atoms with E-state index in [2.05, 4.69) is 24.3 Å². The Hall–Kier alpha value is -1.62. The Labute approximate surface area is 107 Å². The monoisotopic (exact) mass is 253 g/mol. The highest BCUT2D eigenvalue weighted by molar-refractivity contribution is 5.97. The van der Waals surface area contributed by atoms with E-state index in [1.54, 1.807) is 12.1 Å². The molecule has 0 fully saturated rings. The lowest BCUT2D eigenvalue weighted by Crippen LogP contribution is -2.22. The molecule has 18 heavy (non-hydrogen) atoms. The van der Waals surface area contributed by atoms with Gasteiger partial charge in [-0.3, -0.25) is 0 Å². The third kappa shape index (κ3) is 3.70. The first kappa shape index (κ1) is 14.4. The summed E-state index contributed by atoms with van der Waals surface area (Å²) in [7, 11) is 0. The fourth-order valence-corrected chi connectivity index (χ4v) is 1.57. The maximum atomic E-state index is 14.0. The summed E-state index contributed by atoms with van der Waals surface area (Å²) in [5, 5.41) is 14.6. The summed E-state index contributed by atoms with van der Waals surface area (Å²) in [5.74, 6) is -0.0963. The van der Waals surface area contributed by atoms with Gasteiger partial charge in [-0.1, -0.05) is 37.6 Å². The molecule has 100 valence electrons. The van der Waals surface area contributed by atoms with Crippen LogP contribution >= 0.6 is 0 Å². The highest BCUT2D eigenvalue weighted by Crippen LogP contribution is 2.13. The highest BCUT2D eigenvalue weighted by Gasteiger charge is 2.11. The number of nitrogens with one attached hydrogen (secondary N) is 1. The Morgan fingerprint density at radius 3 is 2.89 bits per heavy atom. The number of nitrogens with two attached hydrogens (primary N) is 1. The Bertz CT molecular complexity index is 421. The molecule has 1 aromatic rings. The van der Waals surface area contributed by atoms with Crippen molar-refractivity contribution in [3.05, 3.63) is 35.1 Å². The first-order valence-electron chi connectivity index (χ1n) is 6.06. The van der Waals surface area contributed by atoms with Gasteiger partial charge in [0.2, 0.25) is 0 Å². The van der Waals surface area contributed by atoms with E-state index in [9.17, 15) is 4.39 Å². The van der Waals surface area contributed by atoms with Gasteiger partial charge in [0.05, 0.1) is 5.56 Å². The molecule has 0 aromatic heterocycles. The molecule has 1 aromatic carbocycles. The number of oxime groups is 1. The van der Waals surface area contributed by atoms with Crippen LogP contribution < -0.4 is 11.1 Å². The van der Waals surface area contributed by atoms with Crippen LogP contribution in [0.25, 0.3) is 0 Å². The van der Waals surface area contributed by atoms with E-state index in [-0.39, 0.29) is 11.4 Å². The first-order valence-corrected chi connectivity index (χ1v) is 6.06. The second-order valence-electron chi connectivity index (χ2n) is 4.41. The zero-order valence-corrected chi connectivity index (χ0v) is 10.8. The lowest BCUT2D eigenvalue weighted by molar-refractivity contribution is 0.318. The van der Waals surface area contributed by atoms with E-state index in [4.69, 9.17) is 10.9 Å². The molecule has 0 radical (unpaired) electrons. The van der Waals surface area contributed by atoms with Gasteiger partial charge in [-0.05, 0) is 18.5 Å². The van der Waals surface area contributed by atoms with Crippen LogP contribution in [-0.4, -0.2) is 17.6 Å². The Balaban J connectivity index is 2.72. The topological polar surface area (TPSA) is 70.6 Å². The lowest BCUT2D eigenvalue weighted by Gasteiger charge is -2.11. The first-order chi connectivity index (χ1) is 8.60. The molecule has 0 saturated heterocycles. The van der Waals surface area contributed by atoms with Gasteiger partial charge in [0.1, 0.15) is 5.82 Å². The molecule has 0 aliphatic carbocycles. The molecular formula is C13H20FN3O. The molecule has 1 unspecified atom stereocenters. The number of rotatable bonds is 6. The molecular weight excluding hydrogens is 233 g/mol. The maximum Gasteiger partial charge on any atom is 0.173 e. The standard InChI is InChI=1S/C13H20FN3O/c1-3-9(2)7-16-8-10-5-4-6-11(12(10)14)13(15)17-18/h4-6,9,16,18H,3,7-8H2,1-2H3,(H2,15,17). The summed E-state index contributed by atoms with van der Waals surface area (Å²) in [6.45, 7) is 5.52. The predicted molar refractivity (Wildman–Crippen MR) is 70.1 cm³/mol. The number of benzene rings is 1. The second kappa shape index (κ2) is 6.96. The lowest BCUT2D eigenvalue weighted by atomic mass is 10.1. The molecule has 0 bridgehead atoms. The fourth-order valence-electron chi connectivity index (χ4n) is 1.57. The van der Waals surface area contributed by atoms with Crippen molar-refractivity contribution >= 4 is 5.84 Å². The minimum Gasteiger partial charge on any atom is -0.409 e. The third-order valence-corrected chi connectivity index (χ3v) is 2.97. The average molecular weight is 253 g/mol. The van der Waals surface area contributed by atoms with E-state index >= 15 is 0 Å². The second-order valence-corrected chi connectivity index (χ2v) is 4.41. The van der Waals surface area contributed by atoms with Gasteiger partial charge in [-0.25, -0.2) is 4.39 Å². The van der Waals surface area contributed by atoms with E-state index in [0.29, 0.717) is 18.0 Å². The molecule has 0 aliphatic rings. The largest absolute Gasteiger partial charge is 0.409 e. The van der Waals surface area contributed by atoms with Crippen LogP contribution in [0.4, 0.5) is 4.39 Å². The summed E-state index contributed by atoms with van der Waals surface area (Å²) in [6, 6.07) is 4.87. The molecule has 0 amide bonds. The molecule has 4 nitrogen and oxygen atoms in total. The van der Waals surface area contributed by atoms with E-state index < -0.39 is 5.82 Å². The van der Waals surface area contributed by atoms with Crippen molar-refractivity contribution in [3.8, 4) is 0 Å². The zero-order chi connectivity index (χ0) is 13.5. The SMILES string of the molecule is CCC(C)CNCc1cccc(/C(N)=N/O)c1F. The minimum atomic E-state index is -0.440. The Morgan fingerprint density at radius 2 is 2.28 bits per heavy atom. The number of halogens is 1. The Morgan fingerprint density at radius 1 is 1.56 bits per heavy atom. The molecule has 0 spiro atoms. The maximum absolute atomic E-state index is 14.0. The predicted octanol–water partition coefficient (Wildman–Crippen LogP) is 2.06. The molecule has 0 saturated carbocycles. The van der Waals surface area contributed by atoms with Crippen molar-refractivity contribution in [2.24, 2.45) is 16.8 Å². The third-order valence-electron chi connectivity index (χ3n) is 2.97. The quantitative estimate of drug-likeness (QED) is 0.314. The van der Waals surface area contributed by atoms with E-state index in [1.807, 2.05) is 0 Å². The molecule has 4 N–H and O–H groups in total. The number of amidine groups is 1. The van der Waals surface area contributed by atoms with Crippen molar-refractivity contribution < 1.29 is 9.60 Å². The van der Waals surface area contributed by atoms with Crippen molar-refractivity contribution in [2.45, 2.75) is 26.8 Å². The molecule has 5 heteroatoms. The Kier molecular flexibility index (Phi) is 5.58. The summed E-state index contributed by atoms with van der Waals surface area (Å²) in [6.07, 6.45) is 1.08. The average Bonchev–Trinajstić information content (AvgIpc) is 2.39. The van der Waals surface area contributed by atoms with Crippen LogP contribution in [0.1, 0.15) is 31.4 Å². The van der Waals surface area contributed by atoms with Gasteiger partial charge in [0.15, 0.2) is 5.84 Å². The molecule has 1 rings (SSSR count). The van der Waals surface area contributed by atoms with Crippen LogP contribution in [0.2, 0.25) is 0 Å². The zero-order valence-electron chi connectivity index (χ0n) is 10.8. The van der Waals surface area contributed by atoms with Crippen LogP contribution in [0.5, 0.6) is 0 Å². The van der Waals surface area contributed by atoms with Crippen LogP contribution in [-0.2, 0) is 6.54 Å².